The maximum absolute atomic E-state index is 12.4. The van der Waals surface area contributed by atoms with Crippen molar-refractivity contribution in [3.63, 3.8) is 0 Å². The number of rotatable bonds is 6. The van der Waals surface area contributed by atoms with Crippen LogP contribution in [-0.2, 0) is 4.79 Å². The molecule has 7 heteroatoms. The summed E-state index contributed by atoms with van der Waals surface area (Å²) in [4.78, 5) is 29.7. The number of nitrogens with zero attached hydrogens (tertiary/aromatic N) is 2. The highest BCUT2D eigenvalue weighted by atomic mass is 16.2. The maximum Gasteiger partial charge on any atom is 0.274 e. The van der Waals surface area contributed by atoms with Crippen molar-refractivity contribution < 1.29 is 9.59 Å². The lowest BCUT2D eigenvalue weighted by atomic mass is 10.2. The molecule has 148 valence electrons. The fourth-order valence-electron chi connectivity index (χ4n) is 2.65. The van der Waals surface area contributed by atoms with Crippen LogP contribution in [0, 0.1) is 0 Å². The van der Waals surface area contributed by atoms with E-state index in [1.165, 1.54) is 6.92 Å². The fourth-order valence-corrected chi connectivity index (χ4v) is 2.65. The third kappa shape index (κ3) is 5.55. The van der Waals surface area contributed by atoms with Gasteiger partial charge in [-0.25, -0.2) is 4.98 Å². The van der Waals surface area contributed by atoms with Gasteiger partial charge < -0.3 is 20.9 Å². The lowest BCUT2D eigenvalue weighted by Gasteiger charge is -2.13. The van der Waals surface area contributed by atoms with Gasteiger partial charge in [0, 0.05) is 43.8 Å². The molecule has 0 unspecified atom stereocenters. The van der Waals surface area contributed by atoms with Crippen LogP contribution < -0.4 is 20.9 Å². The van der Waals surface area contributed by atoms with Gasteiger partial charge in [0.05, 0.1) is 11.9 Å². The third-order valence-electron chi connectivity index (χ3n) is 4.13. The van der Waals surface area contributed by atoms with Gasteiger partial charge >= 0.3 is 0 Å². The molecule has 0 aliphatic carbocycles. The Hall–Kier alpha value is -3.87. The first kappa shape index (κ1) is 19.9. The van der Waals surface area contributed by atoms with Gasteiger partial charge in [-0.1, -0.05) is 0 Å². The molecule has 3 N–H and O–H groups in total. The summed E-state index contributed by atoms with van der Waals surface area (Å²) in [5.41, 5.74) is 4.42. The Labute approximate surface area is 169 Å². The Morgan fingerprint density at radius 1 is 0.759 bits per heavy atom. The van der Waals surface area contributed by atoms with Gasteiger partial charge in [-0.15, -0.1) is 0 Å². The van der Waals surface area contributed by atoms with Crippen LogP contribution in [0.1, 0.15) is 17.4 Å². The summed E-state index contributed by atoms with van der Waals surface area (Å²) in [6.45, 7) is 1.47. The topological polar surface area (TPSA) is 86.4 Å². The molecule has 0 atom stereocenters. The predicted molar refractivity (Wildman–Crippen MR) is 117 cm³/mol. The molecule has 0 saturated carbocycles. The van der Waals surface area contributed by atoms with Gasteiger partial charge in [0.1, 0.15) is 5.69 Å². The van der Waals surface area contributed by atoms with Crippen LogP contribution in [-0.4, -0.2) is 30.9 Å². The van der Waals surface area contributed by atoms with Crippen molar-refractivity contribution in [2.75, 3.05) is 34.9 Å². The van der Waals surface area contributed by atoms with Gasteiger partial charge in [-0.05, 0) is 60.7 Å². The molecule has 0 aliphatic rings. The number of benzene rings is 2. The Balaban J connectivity index is 1.60. The van der Waals surface area contributed by atoms with E-state index >= 15 is 0 Å². The average molecular weight is 389 g/mol. The monoisotopic (exact) mass is 389 g/mol. The smallest absolute Gasteiger partial charge is 0.274 e. The highest BCUT2D eigenvalue weighted by Gasteiger charge is 2.08. The van der Waals surface area contributed by atoms with Gasteiger partial charge in [-0.3, -0.25) is 9.59 Å². The van der Waals surface area contributed by atoms with Crippen LogP contribution in [0.25, 0.3) is 0 Å². The molecule has 3 rings (SSSR count). The molecule has 7 nitrogen and oxygen atoms in total. The van der Waals surface area contributed by atoms with Crippen molar-refractivity contribution >= 4 is 40.3 Å². The number of carbonyl (C=O) groups is 2. The van der Waals surface area contributed by atoms with Gasteiger partial charge in [0.2, 0.25) is 5.91 Å². The van der Waals surface area contributed by atoms with E-state index in [9.17, 15) is 9.59 Å². The number of anilines is 5. The summed E-state index contributed by atoms with van der Waals surface area (Å²) in [5.74, 6) is -0.383. The molecule has 0 aliphatic heterocycles. The highest BCUT2D eigenvalue weighted by Crippen LogP contribution is 2.19. The van der Waals surface area contributed by atoms with E-state index in [0.717, 1.165) is 22.7 Å². The van der Waals surface area contributed by atoms with Gasteiger partial charge in [0.15, 0.2) is 0 Å². The lowest BCUT2D eigenvalue weighted by molar-refractivity contribution is -0.114. The van der Waals surface area contributed by atoms with E-state index in [4.69, 9.17) is 0 Å². The number of hydrogen-bond acceptors (Lipinski definition) is 5. The molecular formula is C22H23N5O2. The molecule has 1 aromatic heterocycles. The lowest BCUT2D eigenvalue weighted by Crippen LogP contribution is -2.14. The maximum atomic E-state index is 12.4. The zero-order valence-electron chi connectivity index (χ0n) is 16.6. The summed E-state index contributed by atoms with van der Waals surface area (Å²) in [5, 5.41) is 8.76. The number of aromatic nitrogens is 1. The van der Waals surface area contributed by atoms with Gasteiger partial charge in [-0.2, -0.15) is 0 Å². The molecule has 0 saturated heterocycles. The number of carbonyl (C=O) groups excluding carboxylic acids is 2. The SMILES string of the molecule is CC(=O)Nc1ccc(Nc2ccc(C(=O)Nc3ccc(N(C)C)cc3)nc2)cc1. The Kier molecular flexibility index (Phi) is 6.09. The minimum absolute atomic E-state index is 0.114. The van der Waals surface area contributed by atoms with Crippen molar-refractivity contribution in [3.8, 4) is 0 Å². The number of pyridine rings is 1. The Bertz CT molecular complexity index is 981. The van der Waals surface area contributed by atoms with Crippen molar-refractivity contribution in [1.29, 1.82) is 0 Å². The Morgan fingerprint density at radius 3 is 1.86 bits per heavy atom. The zero-order valence-corrected chi connectivity index (χ0v) is 16.6. The normalized spacial score (nSPS) is 10.2. The summed E-state index contributed by atoms with van der Waals surface area (Å²) < 4.78 is 0. The molecule has 2 aromatic carbocycles. The summed E-state index contributed by atoms with van der Waals surface area (Å²) in [6, 6.07) is 18.4. The molecular weight excluding hydrogens is 366 g/mol. The van der Waals surface area contributed by atoms with Crippen LogP contribution in [0.5, 0.6) is 0 Å². The largest absolute Gasteiger partial charge is 0.378 e. The minimum Gasteiger partial charge on any atom is -0.378 e. The first-order valence-electron chi connectivity index (χ1n) is 9.10. The van der Waals surface area contributed by atoms with E-state index in [-0.39, 0.29) is 11.8 Å². The number of amides is 2. The molecule has 0 spiro atoms. The summed E-state index contributed by atoms with van der Waals surface area (Å²) in [6.07, 6.45) is 1.60. The molecule has 1 heterocycles. The van der Waals surface area contributed by atoms with Crippen molar-refractivity contribution in [3.05, 3.63) is 72.6 Å². The van der Waals surface area contributed by atoms with Crippen LogP contribution >= 0.6 is 0 Å². The first-order chi connectivity index (χ1) is 13.9. The number of nitrogens with one attached hydrogen (secondary N) is 3. The molecule has 29 heavy (non-hydrogen) atoms. The third-order valence-corrected chi connectivity index (χ3v) is 4.13. The molecule has 3 aromatic rings. The first-order valence-corrected chi connectivity index (χ1v) is 9.10. The zero-order chi connectivity index (χ0) is 20.8. The van der Waals surface area contributed by atoms with E-state index in [1.54, 1.807) is 30.5 Å². The quantitative estimate of drug-likeness (QED) is 0.591. The summed E-state index contributed by atoms with van der Waals surface area (Å²) in [7, 11) is 3.93. The molecule has 0 radical (unpaired) electrons. The van der Waals surface area contributed by atoms with Crippen LogP contribution in [0.4, 0.5) is 28.4 Å². The predicted octanol–water partition coefficient (Wildman–Crippen LogP) is 4.10. The molecule has 0 fully saturated rings. The minimum atomic E-state index is -0.270. The van der Waals surface area contributed by atoms with E-state index in [0.29, 0.717) is 11.4 Å². The average Bonchev–Trinajstić information content (AvgIpc) is 2.70. The fraction of sp³-hybridized carbons (Fsp3) is 0.136. The van der Waals surface area contributed by atoms with E-state index in [2.05, 4.69) is 20.9 Å². The summed E-state index contributed by atoms with van der Waals surface area (Å²) >= 11 is 0. The van der Waals surface area contributed by atoms with Gasteiger partial charge in [0.25, 0.3) is 5.91 Å². The molecule has 0 bridgehead atoms. The van der Waals surface area contributed by atoms with Crippen LogP contribution in [0.3, 0.4) is 0 Å². The second-order valence-electron chi connectivity index (χ2n) is 6.71. The van der Waals surface area contributed by atoms with Crippen LogP contribution in [0.15, 0.2) is 66.9 Å². The van der Waals surface area contributed by atoms with E-state index < -0.39 is 0 Å². The highest BCUT2D eigenvalue weighted by molar-refractivity contribution is 6.03. The Morgan fingerprint density at radius 2 is 1.31 bits per heavy atom. The second kappa shape index (κ2) is 8.88. The standard InChI is InChI=1S/C22H23N5O2/c1-15(28)24-16-4-6-17(7-5-16)25-19-10-13-21(23-14-19)22(29)26-18-8-11-20(12-9-18)27(2)3/h4-14,25H,1-3H3,(H,24,28)(H,26,29). The van der Waals surface area contributed by atoms with Crippen LogP contribution in [0.2, 0.25) is 0 Å². The van der Waals surface area contributed by atoms with Crippen molar-refractivity contribution in [2.45, 2.75) is 6.92 Å². The number of hydrogen-bond donors (Lipinski definition) is 3. The van der Waals surface area contributed by atoms with Crippen molar-refractivity contribution in [2.24, 2.45) is 0 Å². The van der Waals surface area contributed by atoms with Crippen molar-refractivity contribution in [1.82, 2.24) is 4.98 Å². The molecule has 2 amide bonds. The second-order valence-corrected chi connectivity index (χ2v) is 6.71. The van der Waals surface area contributed by atoms with E-state index in [1.807, 2.05) is 55.4 Å².